The van der Waals surface area contributed by atoms with E-state index in [1.165, 1.54) is 5.56 Å². The van der Waals surface area contributed by atoms with Crippen molar-refractivity contribution in [1.29, 1.82) is 0 Å². The maximum absolute atomic E-state index is 9.11. The molecule has 0 bridgehead atoms. The van der Waals surface area contributed by atoms with Gasteiger partial charge in [0.2, 0.25) is 0 Å². The molecule has 0 aliphatic carbocycles. The highest BCUT2D eigenvalue weighted by Gasteiger charge is 2.17. The molecule has 0 fully saturated rings. The van der Waals surface area contributed by atoms with E-state index in [-0.39, 0.29) is 18.7 Å². The van der Waals surface area contributed by atoms with E-state index in [0.29, 0.717) is 5.92 Å². The summed E-state index contributed by atoms with van der Waals surface area (Å²) in [4.78, 5) is 0. The SMILES string of the molecule is COc1ccc([C@H](N[C@@H](C)CO)C(C)C)cc1. The van der Waals surface area contributed by atoms with Gasteiger partial charge in [0.25, 0.3) is 0 Å². The topological polar surface area (TPSA) is 41.5 Å². The molecule has 1 rings (SSSR count). The second-order valence-corrected chi connectivity index (χ2v) is 4.75. The number of aliphatic hydroxyl groups excluding tert-OH is 1. The molecule has 0 saturated carbocycles. The van der Waals surface area contributed by atoms with E-state index >= 15 is 0 Å². The zero-order valence-corrected chi connectivity index (χ0v) is 11.1. The summed E-state index contributed by atoms with van der Waals surface area (Å²) in [5.74, 6) is 1.34. The van der Waals surface area contributed by atoms with Crippen LogP contribution in [0.15, 0.2) is 24.3 Å². The Morgan fingerprint density at radius 3 is 2.18 bits per heavy atom. The van der Waals surface area contributed by atoms with Crippen molar-refractivity contribution in [3.63, 3.8) is 0 Å². The summed E-state index contributed by atoms with van der Waals surface area (Å²) in [7, 11) is 1.67. The molecule has 1 aromatic carbocycles. The van der Waals surface area contributed by atoms with Gasteiger partial charge in [-0.1, -0.05) is 26.0 Å². The van der Waals surface area contributed by atoms with Gasteiger partial charge >= 0.3 is 0 Å². The number of benzene rings is 1. The average molecular weight is 237 g/mol. The molecule has 0 radical (unpaired) electrons. The highest BCUT2D eigenvalue weighted by Crippen LogP contribution is 2.24. The summed E-state index contributed by atoms with van der Waals surface area (Å²) < 4.78 is 5.15. The van der Waals surface area contributed by atoms with Crippen LogP contribution in [0.25, 0.3) is 0 Å². The minimum Gasteiger partial charge on any atom is -0.497 e. The number of rotatable bonds is 6. The molecular formula is C14H23NO2. The average Bonchev–Trinajstić information content (AvgIpc) is 2.35. The maximum atomic E-state index is 9.11. The Morgan fingerprint density at radius 1 is 1.18 bits per heavy atom. The van der Waals surface area contributed by atoms with Crippen LogP contribution in [0, 0.1) is 5.92 Å². The van der Waals surface area contributed by atoms with Gasteiger partial charge in [0, 0.05) is 12.1 Å². The van der Waals surface area contributed by atoms with E-state index in [9.17, 15) is 0 Å². The molecule has 0 saturated heterocycles. The first-order valence-electron chi connectivity index (χ1n) is 6.09. The molecule has 3 nitrogen and oxygen atoms in total. The van der Waals surface area contributed by atoms with Gasteiger partial charge < -0.3 is 15.2 Å². The van der Waals surface area contributed by atoms with Gasteiger partial charge in [0.15, 0.2) is 0 Å². The molecule has 0 spiro atoms. The third kappa shape index (κ3) is 4.02. The van der Waals surface area contributed by atoms with Crippen LogP contribution >= 0.6 is 0 Å². The van der Waals surface area contributed by atoms with Gasteiger partial charge in [0.05, 0.1) is 13.7 Å². The monoisotopic (exact) mass is 237 g/mol. The largest absolute Gasteiger partial charge is 0.497 e. The molecule has 96 valence electrons. The van der Waals surface area contributed by atoms with E-state index in [4.69, 9.17) is 9.84 Å². The van der Waals surface area contributed by atoms with Crippen LogP contribution in [0.5, 0.6) is 5.75 Å². The van der Waals surface area contributed by atoms with E-state index in [1.54, 1.807) is 7.11 Å². The zero-order valence-electron chi connectivity index (χ0n) is 11.1. The smallest absolute Gasteiger partial charge is 0.118 e. The third-order valence-electron chi connectivity index (χ3n) is 2.88. The quantitative estimate of drug-likeness (QED) is 0.798. The Labute approximate surface area is 104 Å². The summed E-state index contributed by atoms with van der Waals surface area (Å²) >= 11 is 0. The molecule has 0 aromatic heterocycles. The number of nitrogens with one attached hydrogen (secondary N) is 1. The lowest BCUT2D eigenvalue weighted by Gasteiger charge is -2.26. The van der Waals surface area contributed by atoms with Gasteiger partial charge in [-0.15, -0.1) is 0 Å². The van der Waals surface area contributed by atoms with Gasteiger partial charge in [-0.25, -0.2) is 0 Å². The van der Waals surface area contributed by atoms with Gasteiger partial charge in [-0.2, -0.15) is 0 Å². The van der Waals surface area contributed by atoms with Crippen molar-refractivity contribution >= 4 is 0 Å². The fourth-order valence-electron chi connectivity index (χ4n) is 1.84. The minimum atomic E-state index is 0.101. The summed E-state index contributed by atoms with van der Waals surface area (Å²) in [6, 6.07) is 8.43. The van der Waals surface area contributed by atoms with Crippen LogP contribution in [0.3, 0.4) is 0 Å². The first-order valence-corrected chi connectivity index (χ1v) is 6.09. The molecule has 2 atom stereocenters. The van der Waals surface area contributed by atoms with Crippen molar-refractivity contribution < 1.29 is 9.84 Å². The highest BCUT2D eigenvalue weighted by molar-refractivity contribution is 5.29. The second kappa shape index (κ2) is 6.62. The van der Waals surface area contributed by atoms with Gasteiger partial charge in [-0.3, -0.25) is 0 Å². The fourth-order valence-corrected chi connectivity index (χ4v) is 1.84. The van der Waals surface area contributed by atoms with E-state index in [2.05, 4.69) is 31.3 Å². The Kier molecular flexibility index (Phi) is 5.45. The molecular weight excluding hydrogens is 214 g/mol. The zero-order chi connectivity index (χ0) is 12.8. The summed E-state index contributed by atoms with van der Waals surface area (Å²) in [5.41, 5.74) is 1.22. The Balaban J connectivity index is 2.81. The van der Waals surface area contributed by atoms with Crippen molar-refractivity contribution in [2.24, 2.45) is 5.92 Å². The molecule has 0 aliphatic rings. The summed E-state index contributed by atoms with van der Waals surface area (Å²) in [6.45, 7) is 6.48. The van der Waals surface area contributed by atoms with Crippen molar-refractivity contribution in [2.75, 3.05) is 13.7 Å². The molecule has 17 heavy (non-hydrogen) atoms. The van der Waals surface area contributed by atoms with E-state index in [1.807, 2.05) is 19.1 Å². The Hall–Kier alpha value is -1.06. The van der Waals surface area contributed by atoms with Crippen LogP contribution in [-0.2, 0) is 0 Å². The summed E-state index contributed by atoms with van der Waals surface area (Å²) in [5, 5.41) is 12.5. The predicted octanol–water partition coefficient (Wildman–Crippen LogP) is 2.36. The van der Waals surface area contributed by atoms with Crippen molar-refractivity contribution in [3.8, 4) is 5.75 Å². The standard InChI is InChI=1S/C14H23NO2/c1-10(2)14(15-11(3)9-16)12-5-7-13(17-4)8-6-12/h5-8,10-11,14-16H,9H2,1-4H3/t11-,14+/m0/s1. The molecule has 0 amide bonds. The second-order valence-electron chi connectivity index (χ2n) is 4.75. The lowest BCUT2D eigenvalue weighted by molar-refractivity contribution is 0.229. The van der Waals surface area contributed by atoms with E-state index < -0.39 is 0 Å². The normalized spacial score (nSPS) is 14.7. The van der Waals surface area contributed by atoms with Crippen molar-refractivity contribution in [1.82, 2.24) is 5.32 Å². The maximum Gasteiger partial charge on any atom is 0.118 e. The van der Waals surface area contributed by atoms with Gasteiger partial charge in [0.1, 0.15) is 5.75 Å². The van der Waals surface area contributed by atoms with Crippen molar-refractivity contribution in [3.05, 3.63) is 29.8 Å². The van der Waals surface area contributed by atoms with Gasteiger partial charge in [-0.05, 0) is 30.5 Å². The Morgan fingerprint density at radius 2 is 1.76 bits per heavy atom. The number of ether oxygens (including phenoxy) is 1. The lowest BCUT2D eigenvalue weighted by Crippen LogP contribution is -2.35. The van der Waals surface area contributed by atoms with Crippen LogP contribution in [-0.4, -0.2) is 24.9 Å². The highest BCUT2D eigenvalue weighted by atomic mass is 16.5. The first-order chi connectivity index (χ1) is 8.08. The van der Waals surface area contributed by atoms with Crippen molar-refractivity contribution in [2.45, 2.75) is 32.9 Å². The van der Waals surface area contributed by atoms with Crippen LogP contribution < -0.4 is 10.1 Å². The first kappa shape index (κ1) is 14.0. The molecule has 0 heterocycles. The van der Waals surface area contributed by atoms with Crippen LogP contribution in [0.1, 0.15) is 32.4 Å². The van der Waals surface area contributed by atoms with Crippen LogP contribution in [0.2, 0.25) is 0 Å². The predicted molar refractivity (Wildman–Crippen MR) is 70.3 cm³/mol. The number of aliphatic hydroxyl groups is 1. The molecule has 1 aromatic rings. The minimum absolute atomic E-state index is 0.101. The van der Waals surface area contributed by atoms with Crippen LogP contribution in [0.4, 0.5) is 0 Å². The Bertz CT molecular complexity index is 321. The number of hydrogen-bond acceptors (Lipinski definition) is 3. The molecule has 0 unspecified atom stereocenters. The molecule has 3 heteroatoms. The summed E-state index contributed by atoms with van der Waals surface area (Å²) in [6.07, 6.45) is 0. The third-order valence-corrected chi connectivity index (χ3v) is 2.88. The number of methoxy groups -OCH3 is 1. The van der Waals surface area contributed by atoms with E-state index in [0.717, 1.165) is 5.75 Å². The molecule has 0 aliphatic heterocycles. The molecule has 2 N–H and O–H groups in total. The lowest BCUT2D eigenvalue weighted by atomic mass is 9.95. The number of hydrogen-bond donors (Lipinski definition) is 2. The fraction of sp³-hybridized carbons (Fsp3) is 0.571.